The number of aromatic nitrogens is 1. The number of hydrogen-bond acceptors (Lipinski definition) is 3. The van der Waals surface area contributed by atoms with E-state index < -0.39 is 0 Å². The van der Waals surface area contributed by atoms with Gasteiger partial charge in [-0.25, -0.2) is 4.98 Å². The first-order chi connectivity index (χ1) is 8.29. The van der Waals surface area contributed by atoms with Crippen LogP contribution in [0, 0.1) is 0 Å². The molecule has 2 rings (SSSR count). The first-order valence-corrected chi connectivity index (χ1v) is 5.73. The summed E-state index contributed by atoms with van der Waals surface area (Å²) in [7, 11) is 0. The van der Waals surface area contributed by atoms with Crippen LogP contribution in [0.15, 0.2) is 48.7 Å². The lowest BCUT2D eigenvalue weighted by Crippen LogP contribution is -2.22. The summed E-state index contributed by atoms with van der Waals surface area (Å²) in [6.07, 6.45) is 1.48. The highest BCUT2D eigenvalue weighted by atomic mass is 16.3. The Morgan fingerprint density at radius 2 is 1.88 bits per heavy atom. The molecule has 0 unspecified atom stereocenters. The van der Waals surface area contributed by atoms with Crippen molar-refractivity contribution in [2.24, 2.45) is 0 Å². The summed E-state index contributed by atoms with van der Waals surface area (Å²) < 4.78 is 0. The molecule has 0 bridgehead atoms. The number of nitrogens with zero attached hydrogens (tertiary/aromatic N) is 2. The molecule has 1 aromatic heterocycles. The Kier molecular flexibility index (Phi) is 3.60. The number of pyridine rings is 1. The topological polar surface area (TPSA) is 36.4 Å². The van der Waals surface area contributed by atoms with Crippen LogP contribution in [-0.2, 0) is 6.54 Å². The summed E-state index contributed by atoms with van der Waals surface area (Å²) in [5.74, 6) is 1.08. The zero-order valence-corrected chi connectivity index (χ0v) is 9.87. The van der Waals surface area contributed by atoms with Crippen molar-refractivity contribution in [2.45, 2.75) is 13.5 Å². The van der Waals surface area contributed by atoms with Crippen LogP contribution in [0.4, 0.5) is 5.82 Å². The van der Waals surface area contributed by atoms with Gasteiger partial charge < -0.3 is 10.0 Å². The molecule has 17 heavy (non-hydrogen) atoms. The summed E-state index contributed by atoms with van der Waals surface area (Å²) in [6.45, 7) is 3.80. The highest BCUT2D eigenvalue weighted by Crippen LogP contribution is 2.16. The van der Waals surface area contributed by atoms with Crippen LogP contribution in [0.5, 0.6) is 5.75 Å². The molecule has 0 amide bonds. The van der Waals surface area contributed by atoms with Crippen LogP contribution in [-0.4, -0.2) is 16.6 Å². The summed E-state index contributed by atoms with van der Waals surface area (Å²) in [6, 6.07) is 13.8. The predicted octanol–water partition coefficient (Wildman–Crippen LogP) is 2.81. The van der Waals surface area contributed by atoms with E-state index >= 15 is 0 Å². The van der Waals surface area contributed by atoms with Crippen LogP contribution in [0.2, 0.25) is 0 Å². The Labute approximate surface area is 101 Å². The molecule has 0 aliphatic heterocycles. The smallest absolute Gasteiger partial charge is 0.134 e. The van der Waals surface area contributed by atoms with Gasteiger partial charge in [-0.2, -0.15) is 0 Å². The van der Waals surface area contributed by atoms with Crippen LogP contribution < -0.4 is 4.90 Å². The molecule has 0 aliphatic rings. The standard InChI is InChI=1S/C14H16N2O/c1-2-16(11-12-6-4-3-5-7-12)14-9-8-13(17)10-15-14/h3-10,17H,2,11H2,1H3. The molecule has 0 saturated heterocycles. The van der Waals surface area contributed by atoms with Gasteiger partial charge in [-0.3, -0.25) is 0 Å². The van der Waals surface area contributed by atoms with Gasteiger partial charge in [0.15, 0.2) is 0 Å². The van der Waals surface area contributed by atoms with E-state index in [9.17, 15) is 5.11 Å². The van der Waals surface area contributed by atoms with E-state index in [4.69, 9.17) is 0 Å². The second-order valence-corrected chi connectivity index (χ2v) is 3.87. The van der Waals surface area contributed by atoms with Crippen LogP contribution in [0.25, 0.3) is 0 Å². The molecule has 3 heteroatoms. The molecular formula is C14H16N2O. The third-order valence-corrected chi connectivity index (χ3v) is 2.65. The molecule has 1 aromatic carbocycles. The van der Waals surface area contributed by atoms with Crippen molar-refractivity contribution in [3.05, 3.63) is 54.2 Å². The van der Waals surface area contributed by atoms with Gasteiger partial charge in [-0.1, -0.05) is 30.3 Å². The Morgan fingerprint density at radius 3 is 2.47 bits per heavy atom. The monoisotopic (exact) mass is 228 g/mol. The average molecular weight is 228 g/mol. The minimum absolute atomic E-state index is 0.199. The lowest BCUT2D eigenvalue weighted by atomic mass is 10.2. The van der Waals surface area contributed by atoms with Crippen molar-refractivity contribution >= 4 is 5.82 Å². The van der Waals surface area contributed by atoms with Crippen molar-refractivity contribution in [3.63, 3.8) is 0 Å². The predicted molar refractivity (Wildman–Crippen MR) is 69.1 cm³/mol. The van der Waals surface area contributed by atoms with E-state index in [2.05, 4.69) is 28.9 Å². The fraction of sp³-hybridized carbons (Fsp3) is 0.214. The molecule has 1 N–H and O–H groups in total. The molecule has 0 radical (unpaired) electrons. The summed E-state index contributed by atoms with van der Waals surface area (Å²) >= 11 is 0. The van der Waals surface area contributed by atoms with Gasteiger partial charge in [-0.05, 0) is 24.6 Å². The van der Waals surface area contributed by atoms with Crippen LogP contribution >= 0.6 is 0 Å². The second-order valence-electron chi connectivity index (χ2n) is 3.87. The van der Waals surface area contributed by atoms with E-state index in [0.717, 1.165) is 18.9 Å². The SMILES string of the molecule is CCN(Cc1ccccc1)c1ccc(O)cn1. The molecule has 88 valence electrons. The molecule has 0 saturated carbocycles. The average Bonchev–Trinajstić information content (AvgIpc) is 2.38. The van der Waals surface area contributed by atoms with Crippen molar-refractivity contribution in [2.75, 3.05) is 11.4 Å². The Morgan fingerprint density at radius 1 is 1.12 bits per heavy atom. The minimum atomic E-state index is 0.199. The minimum Gasteiger partial charge on any atom is -0.506 e. The van der Waals surface area contributed by atoms with E-state index in [1.807, 2.05) is 24.3 Å². The molecule has 0 fully saturated rings. The lowest BCUT2D eigenvalue weighted by molar-refractivity contribution is 0.472. The number of hydrogen-bond donors (Lipinski definition) is 1. The number of rotatable bonds is 4. The van der Waals surface area contributed by atoms with E-state index in [-0.39, 0.29) is 5.75 Å². The Hall–Kier alpha value is -2.03. The summed E-state index contributed by atoms with van der Waals surface area (Å²) in [5, 5.41) is 9.22. The Balaban J connectivity index is 2.14. The highest BCUT2D eigenvalue weighted by Gasteiger charge is 2.06. The first-order valence-electron chi connectivity index (χ1n) is 5.73. The van der Waals surface area contributed by atoms with Gasteiger partial charge in [0.1, 0.15) is 11.6 Å². The van der Waals surface area contributed by atoms with Crippen molar-refractivity contribution in [1.82, 2.24) is 4.98 Å². The van der Waals surface area contributed by atoms with Gasteiger partial charge in [-0.15, -0.1) is 0 Å². The third-order valence-electron chi connectivity index (χ3n) is 2.65. The van der Waals surface area contributed by atoms with E-state index in [1.165, 1.54) is 11.8 Å². The van der Waals surface area contributed by atoms with Crippen LogP contribution in [0.3, 0.4) is 0 Å². The number of anilines is 1. The summed E-state index contributed by atoms with van der Waals surface area (Å²) in [4.78, 5) is 6.38. The van der Waals surface area contributed by atoms with Gasteiger partial charge in [0.05, 0.1) is 6.20 Å². The van der Waals surface area contributed by atoms with Crippen LogP contribution in [0.1, 0.15) is 12.5 Å². The molecule has 0 atom stereocenters. The number of aromatic hydroxyl groups is 1. The maximum absolute atomic E-state index is 9.22. The maximum Gasteiger partial charge on any atom is 0.134 e. The number of benzene rings is 1. The largest absolute Gasteiger partial charge is 0.506 e. The second kappa shape index (κ2) is 5.34. The molecule has 1 heterocycles. The zero-order chi connectivity index (χ0) is 12.1. The van der Waals surface area contributed by atoms with Crippen molar-refractivity contribution < 1.29 is 5.11 Å². The normalized spacial score (nSPS) is 10.2. The molecular weight excluding hydrogens is 212 g/mol. The van der Waals surface area contributed by atoms with Crippen molar-refractivity contribution in [1.29, 1.82) is 0 Å². The van der Waals surface area contributed by atoms with Gasteiger partial charge in [0, 0.05) is 13.1 Å². The third kappa shape index (κ3) is 2.97. The Bertz CT molecular complexity index is 453. The maximum atomic E-state index is 9.22. The van der Waals surface area contributed by atoms with Gasteiger partial charge in [0.2, 0.25) is 0 Å². The fourth-order valence-electron chi connectivity index (χ4n) is 1.72. The molecule has 0 aliphatic carbocycles. The zero-order valence-electron chi connectivity index (χ0n) is 9.87. The van der Waals surface area contributed by atoms with Gasteiger partial charge >= 0.3 is 0 Å². The molecule has 2 aromatic rings. The lowest BCUT2D eigenvalue weighted by Gasteiger charge is -2.21. The highest BCUT2D eigenvalue weighted by molar-refractivity contribution is 5.41. The quantitative estimate of drug-likeness (QED) is 0.874. The fourth-order valence-corrected chi connectivity index (χ4v) is 1.72. The van der Waals surface area contributed by atoms with Gasteiger partial charge in [0.25, 0.3) is 0 Å². The van der Waals surface area contributed by atoms with E-state index in [1.54, 1.807) is 6.07 Å². The van der Waals surface area contributed by atoms with Crippen molar-refractivity contribution in [3.8, 4) is 5.75 Å². The first kappa shape index (κ1) is 11.5. The summed E-state index contributed by atoms with van der Waals surface area (Å²) in [5.41, 5.74) is 1.25. The van der Waals surface area contributed by atoms with E-state index in [0.29, 0.717) is 0 Å². The molecule has 0 spiro atoms. The molecule has 3 nitrogen and oxygen atoms in total.